The van der Waals surface area contributed by atoms with Gasteiger partial charge in [0, 0.05) is 19.0 Å². The van der Waals surface area contributed by atoms with E-state index in [0.717, 1.165) is 12.5 Å². The molecular formula is C13H24N2O. The second kappa shape index (κ2) is 5.17. The normalized spacial score (nSPS) is 23.4. The van der Waals surface area contributed by atoms with Crippen LogP contribution in [0.15, 0.2) is 0 Å². The molecule has 0 unspecified atom stereocenters. The highest BCUT2D eigenvalue weighted by atomic mass is 16.2. The molecule has 0 bridgehead atoms. The summed E-state index contributed by atoms with van der Waals surface area (Å²) in [5.41, 5.74) is 0. The fourth-order valence-electron chi connectivity index (χ4n) is 2.57. The van der Waals surface area contributed by atoms with Gasteiger partial charge in [-0.2, -0.15) is 0 Å². The molecule has 92 valence electrons. The van der Waals surface area contributed by atoms with Gasteiger partial charge in [0.15, 0.2) is 0 Å². The maximum Gasteiger partial charge on any atom is 0.222 e. The maximum atomic E-state index is 11.8. The van der Waals surface area contributed by atoms with E-state index in [1.54, 1.807) is 0 Å². The Morgan fingerprint density at radius 2 is 1.88 bits per heavy atom. The first-order valence-corrected chi connectivity index (χ1v) is 6.68. The van der Waals surface area contributed by atoms with E-state index < -0.39 is 0 Å². The minimum atomic E-state index is 0.362. The molecule has 1 saturated carbocycles. The second-order valence-corrected chi connectivity index (χ2v) is 5.38. The molecule has 16 heavy (non-hydrogen) atoms. The lowest BCUT2D eigenvalue weighted by Crippen LogP contribution is -2.40. The van der Waals surface area contributed by atoms with E-state index in [1.807, 2.05) is 6.92 Å². The van der Waals surface area contributed by atoms with Crippen LogP contribution < -0.4 is 0 Å². The average molecular weight is 224 g/mol. The fourth-order valence-corrected chi connectivity index (χ4v) is 2.57. The summed E-state index contributed by atoms with van der Waals surface area (Å²) in [6, 6.07) is 0.590. The summed E-state index contributed by atoms with van der Waals surface area (Å²) >= 11 is 0. The molecule has 1 aliphatic heterocycles. The third-order valence-electron chi connectivity index (χ3n) is 3.90. The molecule has 1 saturated heterocycles. The van der Waals surface area contributed by atoms with Crippen LogP contribution >= 0.6 is 0 Å². The minimum absolute atomic E-state index is 0.362. The fraction of sp³-hybridized carbons (Fsp3) is 0.923. The lowest BCUT2D eigenvalue weighted by molar-refractivity contribution is -0.132. The molecule has 1 amide bonds. The zero-order chi connectivity index (χ0) is 11.5. The van der Waals surface area contributed by atoms with Crippen molar-refractivity contribution in [3.8, 4) is 0 Å². The molecular weight excluding hydrogens is 200 g/mol. The monoisotopic (exact) mass is 224 g/mol. The molecule has 0 atom stereocenters. The number of likely N-dealkylation sites (tertiary alicyclic amines) is 1. The Morgan fingerprint density at radius 3 is 2.38 bits per heavy atom. The van der Waals surface area contributed by atoms with Crippen LogP contribution in [-0.4, -0.2) is 48.4 Å². The molecule has 0 spiro atoms. The Balaban J connectivity index is 1.83. The van der Waals surface area contributed by atoms with Gasteiger partial charge in [-0.05, 0) is 51.7 Å². The molecule has 1 heterocycles. The van der Waals surface area contributed by atoms with Crippen molar-refractivity contribution in [3.05, 3.63) is 0 Å². The first-order chi connectivity index (χ1) is 7.70. The summed E-state index contributed by atoms with van der Waals surface area (Å²) in [5, 5.41) is 0. The predicted octanol–water partition coefficient (Wildman–Crippen LogP) is 1.73. The van der Waals surface area contributed by atoms with Crippen molar-refractivity contribution in [2.75, 3.05) is 26.7 Å². The first-order valence-electron chi connectivity index (χ1n) is 6.68. The lowest BCUT2D eigenvalue weighted by Gasteiger charge is -2.33. The van der Waals surface area contributed by atoms with E-state index in [2.05, 4.69) is 16.8 Å². The quantitative estimate of drug-likeness (QED) is 0.726. The topological polar surface area (TPSA) is 23.6 Å². The third-order valence-corrected chi connectivity index (χ3v) is 3.90. The Kier molecular flexibility index (Phi) is 3.85. The van der Waals surface area contributed by atoms with Crippen LogP contribution in [0.5, 0.6) is 0 Å². The molecule has 0 aromatic carbocycles. The highest BCUT2D eigenvalue weighted by molar-refractivity contribution is 5.76. The SMILES string of the molecule is CCC(=O)N(CC1CCN(C)CC1)C1CC1. The number of amides is 1. The van der Waals surface area contributed by atoms with Gasteiger partial charge in [0.1, 0.15) is 0 Å². The van der Waals surface area contributed by atoms with Crippen LogP contribution in [0.1, 0.15) is 39.0 Å². The zero-order valence-electron chi connectivity index (χ0n) is 10.6. The summed E-state index contributed by atoms with van der Waals surface area (Å²) in [7, 11) is 2.19. The van der Waals surface area contributed by atoms with Crippen molar-refractivity contribution in [2.45, 2.75) is 45.1 Å². The number of carbonyl (C=O) groups is 1. The van der Waals surface area contributed by atoms with Crippen molar-refractivity contribution in [2.24, 2.45) is 5.92 Å². The number of carbonyl (C=O) groups excluding carboxylic acids is 1. The Morgan fingerprint density at radius 1 is 1.25 bits per heavy atom. The van der Waals surface area contributed by atoms with Gasteiger partial charge in [-0.1, -0.05) is 6.92 Å². The number of hydrogen-bond donors (Lipinski definition) is 0. The van der Waals surface area contributed by atoms with Gasteiger partial charge >= 0.3 is 0 Å². The van der Waals surface area contributed by atoms with Crippen molar-refractivity contribution in [1.82, 2.24) is 9.80 Å². The third kappa shape index (κ3) is 2.97. The molecule has 0 aromatic heterocycles. The van der Waals surface area contributed by atoms with Crippen LogP contribution in [0.2, 0.25) is 0 Å². The standard InChI is InChI=1S/C13H24N2O/c1-3-13(16)15(12-4-5-12)10-11-6-8-14(2)9-7-11/h11-12H,3-10H2,1-2H3. The van der Waals surface area contributed by atoms with Crippen LogP contribution in [0, 0.1) is 5.92 Å². The summed E-state index contributed by atoms with van der Waals surface area (Å²) in [6.07, 6.45) is 5.66. The summed E-state index contributed by atoms with van der Waals surface area (Å²) in [5.74, 6) is 1.11. The first kappa shape index (κ1) is 11.9. The van der Waals surface area contributed by atoms with Crippen molar-refractivity contribution in [3.63, 3.8) is 0 Å². The van der Waals surface area contributed by atoms with Crippen molar-refractivity contribution >= 4 is 5.91 Å². The highest BCUT2D eigenvalue weighted by Crippen LogP contribution is 2.29. The van der Waals surface area contributed by atoms with Crippen molar-refractivity contribution < 1.29 is 4.79 Å². The van der Waals surface area contributed by atoms with E-state index >= 15 is 0 Å². The van der Waals surface area contributed by atoms with Crippen LogP contribution in [0.3, 0.4) is 0 Å². The lowest BCUT2D eigenvalue weighted by atomic mass is 9.96. The zero-order valence-corrected chi connectivity index (χ0v) is 10.6. The number of nitrogens with zero attached hydrogens (tertiary/aromatic N) is 2. The molecule has 2 fully saturated rings. The Hall–Kier alpha value is -0.570. The molecule has 2 rings (SSSR count). The van der Waals surface area contributed by atoms with E-state index in [1.165, 1.54) is 38.8 Å². The largest absolute Gasteiger partial charge is 0.339 e. The molecule has 0 aromatic rings. The number of rotatable bonds is 4. The molecule has 3 nitrogen and oxygen atoms in total. The summed E-state index contributed by atoms with van der Waals surface area (Å²) < 4.78 is 0. The van der Waals surface area contributed by atoms with E-state index in [-0.39, 0.29) is 0 Å². The van der Waals surface area contributed by atoms with Gasteiger partial charge in [-0.3, -0.25) is 4.79 Å². The maximum absolute atomic E-state index is 11.8. The van der Waals surface area contributed by atoms with E-state index in [0.29, 0.717) is 18.4 Å². The van der Waals surface area contributed by atoms with Crippen LogP contribution in [0.25, 0.3) is 0 Å². The summed E-state index contributed by atoms with van der Waals surface area (Å²) in [4.78, 5) is 16.4. The molecule has 0 N–H and O–H groups in total. The van der Waals surface area contributed by atoms with Gasteiger partial charge in [0.2, 0.25) is 5.91 Å². The molecule has 2 aliphatic rings. The average Bonchev–Trinajstić information content (AvgIpc) is 3.11. The molecule has 0 radical (unpaired) electrons. The minimum Gasteiger partial charge on any atom is -0.339 e. The van der Waals surface area contributed by atoms with Crippen LogP contribution in [0.4, 0.5) is 0 Å². The molecule has 3 heteroatoms. The van der Waals surface area contributed by atoms with Crippen LogP contribution in [-0.2, 0) is 4.79 Å². The van der Waals surface area contributed by atoms with E-state index in [9.17, 15) is 4.79 Å². The number of hydrogen-bond acceptors (Lipinski definition) is 2. The Labute approximate surface area is 98.8 Å². The van der Waals surface area contributed by atoms with Gasteiger partial charge < -0.3 is 9.80 Å². The van der Waals surface area contributed by atoms with Crippen molar-refractivity contribution in [1.29, 1.82) is 0 Å². The highest BCUT2D eigenvalue weighted by Gasteiger charge is 2.33. The molecule has 1 aliphatic carbocycles. The predicted molar refractivity (Wildman–Crippen MR) is 65.2 cm³/mol. The summed E-state index contributed by atoms with van der Waals surface area (Å²) in [6.45, 7) is 5.39. The van der Waals surface area contributed by atoms with Gasteiger partial charge in [0.05, 0.1) is 0 Å². The van der Waals surface area contributed by atoms with Gasteiger partial charge in [-0.25, -0.2) is 0 Å². The van der Waals surface area contributed by atoms with Gasteiger partial charge in [0.25, 0.3) is 0 Å². The van der Waals surface area contributed by atoms with Gasteiger partial charge in [-0.15, -0.1) is 0 Å². The second-order valence-electron chi connectivity index (χ2n) is 5.38. The Bertz CT molecular complexity index is 242. The van der Waals surface area contributed by atoms with E-state index in [4.69, 9.17) is 0 Å². The number of piperidine rings is 1. The smallest absolute Gasteiger partial charge is 0.222 e.